The summed E-state index contributed by atoms with van der Waals surface area (Å²) in [5, 5.41) is 0. The summed E-state index contributed by atoms with van der Waals surface area (Å²) >= 11 is 0. The lowest BCUT2D eigenvalue weighted by atomic mass is 10.0. The van der Waals surface area contributed by atoms with Crippen LogP contribution in [0.5, 0.6) is 0 Å². The van der Waals surface area contributed by atoms with Gasteiger partial charge in [0.15, 0.2) is 6.29 Å². The van der Waals surface area contributed by atoms with Crippen LogP contribution < -0.4 is 0 Å². The molecule has 0 radical (unpaired) electrons. The van der Waals surface area contributed by atoms with E-state index in [-0.39, 0.29) is 0 Å². The van der Waals surface area contributed by atoms with E-state index in [0.717, 1.165) is 73.0 Å². The summed E-state index contributed by atoms with van der Waals surface area (Å²) in [6.45, 7) is 56.2. The first-order valence-electron chi connectivity index (χ1n) is 37.8. The molecule has 528 valence electrons. The maximum Gasteiger partial charge on any atom is 0.151 e. The van der Waals surface area contributed by atoms with Gasteiger partial charge in [-0.25, -0.2) is 0 Å². The molecule has 1 nitrogen and oxygen atoms in total. The van der Waals surface area contributed by atoms with Crippen LogP contribution in [-0.4, -0.2) is 38.6 Å². The van der Waals surface area contributed by atoms with Gasteiger partial charge >= 0.3 is 0 Å². The highest BCUT2D eigenvalue weighted by atomic mass is 28.3. The third-order valence-electron chi connectivity index (χ3n) is 22.0. The normalized spacial score (nSPS) is 11.4. The molecule has 0 aromatic heterocycles. The Morgan fingerprint density at radius 3 is 0.596 bits per heavy atom. The summed E-state index contributed by atoms with van der Waals surface area (Å²) in [7, 11) is -7.57. The molecular weight excluding hydrogens is 1320 g/mol. The van der Waals surface area contributed by atoms with E-state index in [0.29, 0.717) is 94.3 Å². The summed E-state index contributed by atoms with van der Waals surface area (Å²) in [6.07, 6.45) is 0.842. The van der Waals surface area contributed by atoms with Crippen molar-refractivity contribution in [3.63, 3.8) is 0 Å². The number of hydrogen-bond acceptors (Lipinski definition) is 1. The zero-order valence-electron chi connectivity index (χ0n) is 66.8. The summed E-state index contributed by atoms with van der Waals surface area (Å²) < 4.78 is 0. The van der Waals surface area contributed by atoms with Crippen molar-refractivity contribution in [1.29, 1.82) is 0 Å². The van der Waals surface area contributed by atoms with Gasteiger partial charge in [0.2, 0.25) is 0 Å². The quantitative estimate of drug-likeness (QED) is 0.0639. The fourth-order valence-corrected chi connectivity index (χ4v) is 37.3. The lowest BCUT2D eigenvalue weighted by Gasteiger charge is -2.38. The van der Waals surface area contributed by atoms with E-state index in [1.54, 1.807) is 6.07 Å². The molecular formula is C99H110OSi4. The molecule has 0 amide bonds. The monoisotopic (exact) mass is 1430 g/mol. The van der Waals surface area contributed by atoms with Crippen LogP contribution in [0.2, 0.25) is 66.5 Å². The van der Waals surface area contributed by atoms with Gasteiger partial charge in [-0.15, -0.1) is 22.2 Å². The van der Waals surface area contributed by atoms with Crippen molar-refractivity contribution >= 4 is 38.6 Å². The van der Waals surface area contributed by atoms with Gasteiger partial charge in [-0.05, 0) is 218 Å². The number of aldehydes is 1. The average Bonchev–Trinajstić information content (AvgIpc) is 0.817. The van der Waals surface area contributed by atoms with E-state index in [4.69, 9.17) is 0 Å². The Kier molecular flexibility index (Phi) is 29.1. The summed E-state index contributed by atoms with van der Waals surface area (Å²) in [4.78, 5) is 13.1. The Balaban J connectivity index is 1.26. The van der Waals surface area contributed by atoms with Crippen LogP contribution in [-0.2, 0) is 0 Å². The Morgan fingerprint density at radius 1 is 0.192 bits per heavy atom. The molecule has 0 fully saturated rings. The second kappa shape index (κ2) is 36.9. The Morgan fingerprint density at radius 2 is 0.356 bits per heavy atom. The Bertz CT molecular complexity index is 4800. The van der Waals surface area contributed by atoms with Gasteiger partial charge < -0.3 is 0 Å². The molecule has 0 spiro atoms. The van der Waals surface area contributed by atoms with Gasteiger partial charge in [0, 0.05) is 94.6 Å². The molecule has 104 heavy (non-hydrogen) atoms. The molecule has 0 bridgehead atoms. The van der Waals surface area contributed by atoms with Crippen LogP contribution in [0.3, 0.4) is 0 Å². The molecule has 5 heteroatoms. The lowest BCUT2D eigenvalue weighted by molar-refractivity contribution is 0.112. The van der Waals surface area contributed by atoms with E-state index in [9.17, 15) is 4.79 Å². The van der Waals surface area contributed by atoms with Gasteiger partial charge in [0.25, 0.3) is 0 Å². The van der Waals surface area contributed by atoms with Gasteiger partial charge in [0.1, 0.15) is 32.3 Å². The average molecular weight is 1430 g/mol. The van der Waals surface area contributed by atoms with Crippen molar-refractivity contribution in [3.05, 3.63) is 246 Å². The molecule has 7 aromatic carbocycles. The van der Waals surface area contributed by atoms with Crippen LogP contribution in [0.4, 0.5) is 0 Å². The first kappa shape index (κ1) is 82.0. The third kappa shape index (κ3) is 19.9. The molecule has 0 unspecified atom stereocenters. The van der Waals surface area contributed by atoms with Crippen molar-refractivity contribution < 1.29 is 4.79 Å². The second-order valence-electron chi connectivity index (χ2n) is 31.8. The summed E-state index contributed by atoms with van der Waals surface area (Å²) in [5.74, 6) is 55.2. The van der Waals surface area contributed by atoms with Gasteiger partial charge in [-0.1, -0.05) is 261 Å². The molecule has 0 aliphatic heterocycles. The molecule has 0 atom stereocenters. The minimum atomic E-state index is -1.90. The molecule has 0 heterocycles. The number of carbonyl (C=O) groups excluding carboxylic acids is 1. The van der Waals surface area contributed by atoms with Crippen LogP contribution in [0.15, 0.2) is 152 Å². The molecule has 0 aliphatic rings. The maximum absolute atomic E-state index is 13.1. The maximum atomic E-state index is 13.1. The standard InChI is InChI=1S/C99H110OSi4/c1-71(2)101(72(3)4,73(5)6)63-59-87-33-25-83(26-34-87)41-43-91-47-53-94(51-45-85-29-37-89(38-30-85)61-65-103(77(13)14,78(15)16)79(17)18)97(67-91)56-50-93-49-55-96(99(69-93)70-100)57-58-98-68-92(44-42-84-27-35-88(36-28-84)60-64-102(74(7)8,75(9)10)76(11)12)48-54-95(98)52-46-86-31-39-90(40-32-86)62-66-104(80(19)20,81(21)22)82(23)24/h25-40,47-49,53-55,67-82H,1-24H3. The van der Waals surface area contributed by atoms with E-state index >= 15 is 0 Å². The predicted octanol–water partition coefficient (Wildman–Crippen LogP) is 24.2. The van der Waals surface area contributed by atoms with E-state index in [2.05, 4.69) is 368 Å². The lowest BCUT2D eigenvalue weighted by Crippen LogP contribution is -2.43. The molecule has 0 N–H and O–H groups in total. The Labute approximate surface area is 634 Å². The highest BCUT2D eigenvalue weighted by molar-refractivity contribution is 6.92. The van der Waals surface area contributed by atoms with E-state index < -0.39 is 32.3 Å². The minimum absolute atomic E-state index is 0.418. The van der Waals surface area contributed by atoms with Crippen LogP contribution in [0.1, 0.15) is 266 Å². The number of benzene rings is 7. The third-order valence-corrected chi connectivity index (χ3v) is 47.1. The van der Waals surface area contributed by atoms with Gasteiger partial charge in [-0.3, -0.25) is 4.79 Å². The number of rotatable bonds is 13. The van der Waals surface area contributed by atoms with Crippen LogP contribution in [0, 0.1) is 117 Å². The minimum Gasteiger partial charge on any atom is -0.298 e. The van der Waals surface area contributed by atoms with E-state index in [1.807, 2.05) is 60.7 Å². The number of hydrogen-bond donors (Lipinski definition) is 0. The highest BCUT2D eigenvalue weighted by Gasteiger charge is 2.44. The zero-order valence-corrected chi connectivity index (χ0v) is 70.8. The van der Waals surface area contributed by atoms with Crippen molar-refractivity contribution in [2.24, 2.45) is 0 Å². The van der Waals surface area contributed by atoms with Crippen LogP contribution >= 0.6 is 0 Å². The SMILES string of the molecule is CC(C)[Si](C#Cc1ccc(C#Cc2ccc(C#Cc3ccc(C#C[Si](C(C)C)(C(C)C)C(C)C)cc3)c(C#Cc3ccc(C#Cc4cc(C#Cc5ccc(C#C[Si](C(C)C)(C(C)C)C(C)C)cc5)ccc4C#Cc4ccc(C#C[Si](C(C)C)(C(C)C)C(C)C)cc4)c(C=O)c3)c2)cc1)(C(C)C)C(C)C. The number of carbonyl (C=O) groups is 1. The van der Waals surface area contributed by atoms with Crippen molar-refractivity contribution in [3.8, 4) is 117 Å². The molecule has 0 saturated carbocycles. The van der Waals surface area contributed by atoms with E-state index in [1.165, 1.54) is 0 Å². The van der Waals surface area contributed by atoms with Gasteiger partial charge in [0.05, 0.1) is 0 Å². The van der Waals surface area contributed by atoms with Crippen molar-refractivity contribution in [2.45, 2.75) is 233 Å². The Hall–Kier alpha value is -9.32. The largest absolute Gasteiger partial charge is 0.298 e. The second-order valence-corrected chi connectivity index (χ2v) is 54.2. The first-order chi connectivity index (χ1) is 49.3. The molecule has 0 aliphatic carbocycles. The summed E-state index contributed by atoms with van der Waals surface area (Å²) in [5.41, 5.74) is 35.7. The van der Waals surface area contributed by atoms with Crippen molar-refractivity contribution in [2.75, 3.05) is 0 Å². The van der Waals surface area contributed by atoms with Gasteiger partial charge in [-0.2, -0.15) is 0 Å². The topological polar surface area (TPSA) is 17.1 Å². The molecule has 7 rings (SSSR count). The smallest absolute Gasteiger partial charge is 0.151 e. The predicted molar refractivity (Wildman–Crippen MR) is 458 cm³/mol. The fraction of sp³-hybridized carbons (Fsp3) is 0.364. The summed E-state index contributed by atoms with van der Waals surface area (Å²) in [6, 6.07) is 50.6. The fourth-order valence-electron chi connectivity index (χ4n) is 16.4. The molecule has 7 aromatic rings. The highest BCUT2D eigenvalue weighted by Crippen LogP contribution is 2.44. The zero-order chi connectivity index (χ0) is 76.3. The first-order valence-corrected chi connectivity index (χ1v) is 46.8. The van der Waals surface area contributed by atoms with Crippen molar-refractivity contribution in [1.82, 2.24) is 0 Å². The molecule has 0 saturated heterocycles. The van der Waals surface area contributed by atoms with Crippen LogP contribution in [0.25, 0.3) is 0 Å².